The molecule has 0 spiro atoms. The summed E-state index contributed by atoms with van der Waals surface area (Å²) in [5.74, 6) is -0.502. The number of anilines is 1. The molecule has 1 aromatic carbocycles. The Morgan fingerprint density at radius 2 is 2.00 bits per heavy atom. The zero-order valence-electron chi connectivity index (χ0n) is 22.8. The zero-order chi connectivity index (χ0) is 27.5. The van der Waals surface area contributed by atoms with Crippen molar-refractivity contribution < 1.29 is 19.1 Å². The fourth-order valence-electron chi connectivity index (χ4n) is 4.62. The van der Waals surface area contributed by atoms with Crippen LogP contribution in [-0.2, 0) is 14.3 Å². The van der Waals surface area contributed by atoms with Gasteiger partial charge in [-0.1, -0.05) is 17.8 Å². The van der Waals surface area contributed by atoms with Gasteiger partial charge in [0.25, 0.3) is 11.8 Å². The molecule has 0 unspecified atom stereocenters. The molecule has 4 N–H and O–H groups in total. The first kappa shape index (κ1) is 29.8. The van der Waals surface area contributed by atoms with Crippen molar-refractivity contribution in [2.24, 2.45) is 5.73 Å². The lowest BCUT2D eigenvalue weighted by atomic mass is 10.2. The Balaban J connectivity index is 1.56. The van der Waals surface area contributed by atoms with E-state index < -0.39 is 5.25 Å². The number of nitrogens with one attached hydrogen (secondary N) is 2. The van der Waals surface area contributed by atoms with Crippen LogP contribution in [0, 0.1) is 0 Å². The van der Waals surface area contributed by atoms with Crippen molar-refractivity contribution in [2.75, 3.05) is 71.4 Å². The Labute approximate surface area is 230 Å². The fraction of sp³-hybridized carbons (Fsp3) is 0.593. The Kier molecular flexibility index (Phi) is 11.8. The van der Waals surface area contributed by atoms with Crippen LogP contribution >= 0.6 is 11.8 Å². The quantitative estimate of drug-likeness (QED) is 0.239. The number of carbonyl (C=O) groups excluding carboxylic acids is 3. The van der Waals surface area contributed by atoms with E-state index in [4.69, 9.17) is 10.5 Å². The van der Waals surface area contributed by atoms with Gasteiger partial charge in [-0.15, -0.1) is 0 Å². The SMILES string of the molecule is CCN(CCOC)C(=O)/C(N)=C1\S[C@H](CNc2cccc(C(=O)NCCCN3CCCC3)c2)C(=O)N1CC. The highest BCUT2D eigenvalue weighted by Crippen LogP contribution is 2.36. The predicted molar refractivity (Wildman–Crippen MR) is 152 cm³/mol. The highest BCUT2D eigenvalue weighted by molar-refractivity contribution is 8.04. The van der Waals surface area contributed by atoms with Gasteiger partial charge in [-0.3, -0.25) is 14.4 Å². The van der Waals surface area contributed by atoms with Crippen LogP contribution in [-0.4, -0.2) is 104 Å². The molecule has 1 atom stereocenters. The zero-order valence-corrected chi connectivity index (χ0v) is 23.6. The number of likely N-dealkylation sites (N-methyl/N-ethyl adjacent to an activating group) is 1. The molecule has 2 aliphatic rings. The van der Waals surface area contributed by atoms with E-state index >= 15 is 0 Å². The van der Waals surface area contributed by atoms with Crippen LogP contribution in [0.3, 0.4) is 0 Å². The average Bonchev–Trinajstić information content (AvgIpc) is 3.57. The van der Waals surface area contributed by atoms with Gasteiger partial charge in [0, 0.05) is 51.1 Å². The number of benzene rings is 1. The number of hydrogen-bond donors (Lipinski definition) is 3. The minimum absolute atomic E-state index is 0.0778. The third-order valence-corrected chi connectivity index (χ3v) is 8.12. The first-order valence-corrected chi connectivity index (χ1v) is 14.4. The molecular formula is C27H42N6O4S. The summed E-state index contributed by atoms with van der Waals surface area (Å²) in [4.78, 5) is 44.3. The average molecular weight is 547 g/mol. The molecule has 2 saturated heterocycles. The lowest BCUT2D eigenvalue weighted by molar-refractivity contribution is -0.128. The van der Waals surface area contributed by atoms with Gasteiger partial charge in [0.2, 0.25) is 5.91 Å². The van der Waals surface area contributed by atoms with Crippen LogP contribution in [0.2, 0.25) is 0 Å². The number of rotatable bonds is 14. The third kappa shape index (κ3) is 7.87. The van der Waals surface area contributed by atoms with E-state index in [1.54, 1.807) is 29.0 Å². The van der Waals surface area contributed by atoms with E-state index in [1.807, 2.05) is 26.0 Å². The van der Waals surface area contributed by atoms with Crippen molar-refractivity contribution >= 4 is 35.2 Å². The number of hydrogen-bond acceptors (Lipinski definition) is 8. The normalized spacial score (nSPS) is 19.1. The summed E-state index contributed by atoms with van der Waals surface area (Å²) in [6.07, 6.45) is 3.47. The van der Waals surface area contributed by atoms with Gasteiger partial charge < -0.3 is 35.8 Å². The van der Waals surface area contributed by atoms with Gasteiger partial charge in [-0.2, -0.15) is 0 Å². The standard InChI is InChI=1S/C27H42N6O4S/c1-4-32(16-17-37-3)26(36)23(28)27-33(5-2)25(35)22(38-27)19-30-21-11-8-10-20(18-21)24(34)29-12-9-15-31-13-6-7-14-31/h8,10-11,18,22,30H,4-7,9,12-17,19,28H2,1-3H3,(H,29,34)/b27-23+/t22-/m1/s1. The predicted octanol–water partition coefficient (Wildman–Crippen LogP) is 1.90. The maximum Gasteiger partial charge on any atom is 0.272 e. The second kappa shape index (κ2) is 15.0. The second-order valence-corrected chi connectivity index (χ2v) is 10.6. The number of methoxy groups -OCH3 is 1. The molecule has 2 heterocycles. The summed E-state index contributed by atoms with van der Waals surface area (Å²) in [6, 6.07) is 7.27. The summed E-state index contributed by atoms with van der Waals surface area (Å²) in [6.45, 7) is 9.81. The fourth-order valence-corrected chi connectivity index (χ4v) is 5.85. The highest BCUT2D eigenvalue weighted by atomic mass is 32.2. The molecule has 3 amide bonds. The van der Waals surface area contributed by atoms with E-state index in [9.17, 15) is 14.4 Å². The number of amides is 3. The van der Waals surface area contributed by atoms with Gasteiger partial charge in [-0.25, -0.2) is 0 Å². The molecule has 3 rings (SSSR count). The van der Waals surface area contributed by atoms with E-state index in [0.29, 0.717) is 49.9 Å². The second-order valence-electron chi connectivity index (χ2n) is 9.41. The first-order valence-electron chi connectivity index (χ1n) is 13.5. The Hall–Kier alpha value is -2.76. The van der Waals surface area contributed by atoms with Crippen LogP contribution < -0.4 is 16.4 Å². The first-order chi connectivity index (χ1) is 18.4. The lowest BCUT2D eigenvalue weighted by Crippen LogP contribution is -2.39. The number of ether oxygens (including phenoxy) is 1. The van der Waals surface area contributed by atoms with Crippen molar-refractivity contribution in [3.63, 3.8) is 0 Å². The molecule has 10 nitrogen and oxygen atoms in total. The number of nitrogens with two attached hydrogens (primary N) is 1. The molecule has 38 heavy (non-hydrogen) atoms. The third-order valence-electron chi connectivity index (χ3n) is 6.80. The van der Waals surface area contributed by atoms with E-state index in [-0.39, 0.29) is 23.4 Å². The maximum atomic E-state index is 13.1. The number of carbonyl (C=O) groups is 3. The molecule has 2 fully saturated rings. The Morgan fingerprint density at radius 1 is 1.24 bits per heavy atom. The molecule has 210 valence electrons. The summed E-state index contributed by atoms with van der Waals surface area (Å²) in [7, 11) is 1.58. The maximum absolute atomic E-state index is 13.1. The monoisotopic (exact) mass is 546 g/mol. The van der Waals surface area contributed by atoms with Crippen molar-refractivity contribution in [1.29, 1.82) is 0 Å². The van der Waals surface area contributed by atoms with Gasteiger partial charge >= 0.3 is 0 Å². The highest BCUT2D eigenvalue weighted by Gasteiger charge is 2.38. The van der Waals surface area contributed by atoms with E-state index in [0.717, 1.165) is 31.7 Å². The molecule has 1 aromatic rings. The van der Waals surface area contributed by atoms with E-state index in [1.165, 1.54) is 24.6 Å². The smallest absolute Gasteiger partial charge is 0.272 e. The summed E-state index contributed by atoms with van der Waals surface area (Å²) in [5.41, 5.74) is 7.68. The molecule has 2 aliphatic heterocycles. The topological polar surface area (TPSA) is 120 Å². The Morgan fingerprint density at radius 3 is 2.68 bits per heavy atom. The minimum Gasteiger partial charge on any atom is -0.392 e. The van der Waals surface area contributed by atoms with Crippen molar-refractivity contribution in [2.45, 2.75) is 38.4 Å². The molecule has 0 aromatic heterocycles. The van der Waals surface area contributed by atoms with Crippen LogP contribution in [0.5, 0.6) is 0 Å². The molecular weight excluding hydrogens is 504 g/mol. The van der Waals surface area contributed by atoms with Crippen molar-refractivity contribution in [3.8, 4) is 0 Å². The van der Waals surface area contributed by atoms with Crippen LogP contribution in [0.4, 0.5) is 5.69 Å². The van der Waals surface area contributed by atoms with Crippen molar-refractivity contribution in [3.05, 3.63) is 40.6 Å². The molecule has 0 radical (unpaired) electrons. The number of thioether (sulfide) groups is 1. The van der Waals surface area contributed by atoms with Gasteiger partial charge in [0.15, 0.2) is 0 Å². The minimum atomic E-state index is -0.437. The van der Waals surface area contributed by atoms with Crippen LogP contribution in [0.1, 0.15) is 43.5 Å². The number of nitrogens with zero attached hydrogens (tertiary/aromatic N) is 3. The van der Waals surface area contributed by atoms with Crippen LogP contribution in [0.25, 0.3) is 0 Å². The molecule has 11 heteroatoms. The molecule has 0 saturated carbocycles. The molecule has 0 bridgehead atoms. The van der Waals surface area contributed by atoms with Crippen LogP contribution in [0.15, 0.2) is 35.0 Å². The molecule has 0 aliphatic carbocycles. The Bertz CT molecular complexity index is 998. The van der Waals surface area contributed by atoms with Crippen molar-refractivity contribution in [1.82, 2.24) is 20.0 Å². The summed E-state index contributed by atoms with van der Waals surface area (Å²) < 4.78 is 5.09. The largest absolute Gasteiger partial charge is 0.392 e. The lowest BCUT2D eigenvalue weighted by Gasteiger charge is -2.23. The van der Waals surface area contributed by atoms with Gasteiger partial charge in [0.1, 0.15) is 16.0 Å². The number of likely N-dealkylation sites (tertiary alicyclic amines) is 1. The van der Waals surface area contributed by atoms with E-state index in [2.05, 4.69) is 15.5 Å². The van der Waals surface area contributed by atoms with Gasteiger partial charge in [-0.05, 0) is 70.9 Å². The summed E-state index contributed by atoms with van der Waals surface area (Å²) >= 11 is 1.30. The van der Waals surface area contributed by atoms with Gasteiger partial charge in [0.05, 0.1) is 6.61 Å². The summed E-state index contributed by atoms with van der Waals surface area (Å²) in [5, 5.41) is 6.34.